The van der Waals surface area contributed by atoms with Gasteiger partial charge in [0.1, 0.15) is 5.69 Å². The Hall–Kier alpha value is -0.980. The zero-order chi connectivity index (χ0) is 15.7. The normalized spacial score (nSPS) is 24.9. The molecule has 0 aliphatic carbocycles. The van der Waals surface area contributed by atoms with Gasteiger partial charge in [0.25, 0.3) is 5.91 Å². The zero-order valence-corrected chi connectivity index (χ0v) is 14.5. The van der Waals surface area contributed by atoms with Gasteiger partial charge in [-0.25, -0.2) is 4.98 Å². The van der Waals surface area contributed by atoms with Crippen molar-refractivity contribution in [1.82, 2.24) is 14.8 Å². The minimum Gasteiger partial charge on any atom is -0.375 e. The fourth-order valence-electron chi connectivity index (χ4n) is 3.53. The Labute approximate surface area is 136 Å². The van der Waals surface area contributed by atoms with Crippen LogP contribution in [0.1, 0.15) is 41.2 Å². The van der Waals surface area contributed by atoms with E-state index in [0.717, 1.165) is 50.4 Å². The highest BCUT2D eigenvalue weighted by Gasteiger charge is 2.41. The van der Waals surface area contributed by atoms with E-state index < -0.39 is 0 Å². The van der Waals surface area contributed by atoms with Crippen molar-refractivity contribution in [2.75, 3.05) is 33.8 Å². The molecule has 0 N–H and O–H groups in total. The van der Waals surface area contributed by atoms with E-state index in [4.69, 9.17) is 4.74 Å². The molecular formula is C16H25N3O2S. The molecule has 0 bridgehead atoms. The predicted molar refractivity (Wildman–Crippen MR) is 87.4 cm³/mol. The number of carbonyl (C=O) groups excluding carboxylic acids is 1. The number of hydrogen-bond donors (Lipinski definition) is 0. The Morgan fingerprint density at radius 2 is 2.18 bits per heavy atom. The van der Waals surface area contributed by atoms with Gasteiger partial charge < -0.3 is 14.5 Å². The summed E-state index contributed by atoms with van der Waals surface area (Å²) in [5.41, 5.74) is 0.566. The van der Waals surface area contributed by atoms with Gasteiger partial charge in [-0.05, 0) is 46.7 Å². The number of nitrogens with zero attached hydrogens (tertiary/aromatic N) is 3. The van der Waals surface area contributed by atoms with Crippen molar-refractivity contribution < 1.29 is 9.53 Å². The average Bonchev–Trinajstić information content (AvgIpc) is 2.94. The molecule has 2 fully saturated rings. The van der Waals surface area contributed by atoms with Crippen LogP contribution >= 0.6 is 11.3 Å². The third-order valence-electron chi connectivity index (χ3n) is 5.00. The monoisotopic (exact) mass is 323 g/mol. The van der Waals surface area contributed by atoms with Gasteiger partial charge in [-0.3, -0.25) is 4.79 Å². The third kappa shape index (κ3) is 3.19. The molecule has 0 aromatic carbocycles. The first-order valence-corrected chi connectivity index (χ1v) is 8.89. The molecule has 0 radical (unpaired) electrons. The van der Waals surface area contributed by atoms with E-state index in [-0.39, 0.29) is 11.5 Å². The van der Waals surface area contributed by atoms with Crippen molar-refractivity contribution in [1.29, 1.82) is 0 Å². The smallest absolute Gasteiger partial charge is 0.273 e. The summed E-state index contributed by atoms with van der Waals surface area (Å²) in [4.78, 5) is 21.0. The van der Waals surface area contributed by atoms with Gasteiger partial charge in [0.2, 0.25) is 0 Å². The number of likely N-dealkylation sites (tertiary alicyclic amines) is 1. The summed E-state index contributed by atoms with van der Waals surface area (Å²) in [5.74, 6) is 0.0687. The highest BCUT2D eigenvalue weighted by molar-refractivity contribution is 7.09. The summed E-state index contributed by atoms with van der Waals surface area (Å²) in [5, 5.41) is 2.81. The topological polar surface area (TPSA) is 45.7 Å². The Bertz CT molecular complexity index is 535. The Balaban J connectivity index is 1.61. The molecule has 22 heavy (non-hydrogen) atoms. The number of aromatic nitrogens is 1. The second-order valence-electron chi connectivity index (χ2n) is 6.69. The van der Waals surface area contributed by atoms with Crippen LogP contribution in [0.5, 0.6) is 0 Å². The molecule has 6 heteroatoms. The maximum atomic E-state index is 12.5. The molecule has 3 rings (SSSR count). The number of piperidine rings is 1. The minimum absolute atomic E-state index is 0.0258. The number of ether oxygens (including phenoxy) is 1. The van der Waals surface area contributed by atoms with Crippen molar-refractivity contribution in [2.24, 2.45) is 0 Å². The van der Waals surface area contributed by atoms with E-state index >= 15 is 0 Å². The second kappa shape index (κ2) is 6.26. The highest BCUT2D eigenvalue weighted by Crippen LogP contribution is 2.36. The van der Waals surface area contributed by atoms with E-state index in [2.05, 4.69) is 24.0 Å². The summed E-state index contributed by atoms with van der Waals surface area (Å²) >= 11 is 1.53. The minimum atomic E-state index is -0.0258. The van der Waals surface area contributed by atoms with Gasteiger partial charge in [0.05, 0.1) is 10.6 Å². The van der Waals surface area contributed by atoms with Crippen LogP contribution < -0.4 is 0 Å². The van der Waals surface area contributed by atoms with Gasteiger partial charge >= 0.3 is 0 Å². The largest absolute Gasteiger partial charge is 0.375 e. The fraction of sp³-hybridized carbons (Fsp3) is 0.750. The SMILES string of the molecule is Cc1nc(C(=O)N2CCC3(CC2)CC(N(C)C)CCO3)cs1. The molecule has 1 spiro atoms. The number of amides is 1. The van der Waals surface area contributed by atoms with Gasteiger partial charge in [0, 0.05) is 31.1 Å². The standard InChI is InChI=1S/C16H25N3O2S/c1-12-17-14(11-22-12)15(20)19-7-5-16(6-8-19)10-13(18(2)3)4-9-21-16/h11,13H,4-10H2,1-3H3. The van der Waals surface area contributed by atoms with Crippen molar-refractivity contribution >= 4 is 17.2 Å². The Kier molecular flexibility index (Phi) is 4.52. The van der Waals surface area contributed by atoms with Crippen LogP contribution in [0, 0.1) is 6.92 Å². The van der Waals surface area contributed by atoms with Crippen molar-refractivity contribution in [3.05, 3.63) is 16.1 Å². The van der Waals surface area contributed by atoms with Crippen molar-refractivity contribution in [2.45, 2.75) is 44.2 Å². The number of aryl methyl sites for hydroxylation is 1. The Morgan fingerprint density at radius 1 is 1.45 bits per heavy atom. The molecule has 1 amide bonds. The second-order valence-corrected chi connectivity index (χ2v) is 7.75. The first-order chi connectivity index (χ1) is 10.5. The molecular weight excluding hydrogens is 298 g/mol. The lowest BCUT2D eigenvalue weighted by Gasteiger charge is -2.47. The first-order valence-electron chi connectivity index (χ1n) is 8.01. The zero-order valence-electron chi connectivity index (χ0n) is 13.7. The van der Waals surface area contributed by atoms with Gasteiger partial charge in [-0.15, -0.1) is 11.3 Å². The number of hydrogen-bond acceptors (Lipinski definition) is 5. The van der Waals surface area contributed by atoms with Crippen molar-refractivity contribution in [3.63, 3.8) is 0 Å². The quantitative estimate of drug-likeness (QED) is 0.837. The van der Waals surface area contributed by atoms with E-state index in [9.17, 15) is 4.79 Å². The fourth-order valence-corrected chi connectivity index (χ4v) is 4.12. The molecule has 2 aliphatic heterocycles. The molecule has 122 valence electrons. The molecule has 0 saturated carbocycles. The van der Waals surface area contributed by atoms with Gasteiger partial charge in [-0.1, -0.05) is 0 Å². The van der Waals surface area contributed by atoms with Crippen LogP contribution in [0.25, 0.3) is 0 Å². The molecule has 1 unspecified atom stereocenters. The molecule has 3 heterocycles. The third-order valence-corrected chi connectivity index (χ3v) is 5.77. The van der Waals surface area contributed by atoms with Crippen LogP contribution in [-0.4, -0.2) is 66.1 Å². The molecule has 1 aromatic rings. The van der Waals surface area contributed by atoms with E-state index in [1.54, 1.807) is 0 Å². The van der Waals surface area contributed by atoms with E-state index in [0.29, 0.717) is 11.7 Å². The van der Waals surface area contributed by atoms with Crippen LogP contribution in [0.4, 0.5) is 0 Å². The van der Waals surface area contributed by atoms with Crippen molar-refractivity contribution in [3.8, 4) is 0 Å². The van der Waals surface area contributed by atoms with Crippen LogP contribution in [0.2, 0.25) is 0 Å². The lowest BCUT2D eigenvalue weighted by atomic mass is 9.82. The lowest BCUT2D eigenvalue weighted by Crippen LogP contribution is -2.53. The summed E-state index contributed by atoms with van der Waals surface area (Å²) < 4.78 is 6.15. The average molecular weight is 323 g/mol. The predicted octanol–water partition coefficient (Wildman–Crippen LogP) is 2.17. The Morgan fingerprint density at radius 3 is 2.77 bits per heavy atom. The van der Waals surface area contributed by atoms with Crippen LogP contribution in [0.3, 0.4) is 0 Å². The molecule has 1 aromatic heterocycles. The summed E-state index contributed by atoms with van der Waals surface area (Å²) in [6, 6.07) is 0.595. The number of carbonyl (C=O) groups is 1. The van der Waals surface area contributed by atoms with Gasteiger partial charge in [-0.2, -0.15) is 0 Å². The van der Waals surface area contributed by atoms with E-state index in [1.807, 2.05) is 17.2 Å². The molecule has 1 atom stereocenters. The lowest BCUT2D eigenvalue weighted by molar-refractivity contribution is -0.125. The number of rotatable bonds is 2. The summed E-state index contributed by atoms with van der Waals surface area (Å²) in [7, 11) is 4.29. The summed E-state index contributed by atoms with van der Waals surface area (Å²) in [6.45, 7) is 4.32. The maximum absolute atomic E-state index is 12.5. The molecule has 5 nitrogen and oxygen atoms in total. The van der Waals surface area contributed by atoms with Crippen LogP contribution in [-0.2, 0) is 4.74 Å². The molecule has 2 aliphatic rings. The first kappa shape index (κ1) is 15.9. The summed E-state index contributed by atoms with van der Waals surface area (Å²) in [6.07, 6.45) is 4.06. The number of thiazole rings is 1. The van der Waals surface area contributed by atoms with Gasteiger partial charge in [0.15, 0.2) is 0 Å². The molecule has 2 saturated heterocycles. The van der Waals surface area contributed by atoms with E-state index in [1.165, 1.54) is 11.3 Å². The highest BCUT2D eigenvalue weighted by atomic mass is 32.1. The van der Waals surface area contributed by atoms with Crippen LogP contribution in [0.15, 0.2) is 5.38 Å². The maximum Gasteiger partial charge on any atom is 0.273 e.